The molecule has 1 aromatic heterocycles. The third kappa shape index (κ3) is 5.43. The van der Waals surface area contributed by atoms with Gasteiger partial charge in [0.25, 0.3) is 0 Å². The van der Waals surface area contributed by atoms with Gasteiger partial charge in [-0.1, -0.05) is 13.0 Å². The highest BCUT2D eigenvalue weighted by molar-refractivity contribution is 7.10. The summed E-state index contributed by atoms with van der Waals surface area (Å²) < 4.78 is 0. The van der Waals surface area contributed by atoms with Crippen LogP contribution in [0.15, 0.2) is 17.5 Å². The van der Waals surface area contributed by atoms with Crippen LogP contribution in [0.2, 0.25) is 0 Å². The first-order valence-electron chi connectivity index (χ1n) is 9.37. The molecule has 0 aliphatic carbocycles. The van der Waals surface area contributed by atoms with Crippen molar-refractivity contribution in [3.8, 4) is 0 Å². The summed E-state index contributed by atoms with van der Waals surface area (Å²) in [6, 6.07) is 4.15. The molecule has 3 heterocycles. The first-order valence-corrected chi connectivity index (χ1v) is 10.2. The van der Waals surface area contributed by atoms with Crippen LogP contribution in [-0.2, 0) is 4.79 Å². The van der Waals surface area contributed by atoms with Gasteiger partial charge in [0, 0.05) is 23.9 Å². The topological polar surface area (TPSA) is 52.6 Å². The third-order valence-electron chi connectivity index (χ3n) is 5.70. The molecule has 2 aliphatic rings. The van der Waals surface area contributed by atoms with E-state index in [1.807, 2.05) is 22.4 Å². The molecule has 1 amide bonds. The van der Waals surface area contributed by atoms with Crippen LogP contribution in [0.1, 0.15) is 56.4 Å². The van der Waals surface area contributed by atoms with E-state index in [1.165, 1.54) is 12.8 Å². The first-order chi connectivity index (χ1) is 11.6. The Morgan fingerprint density at radius 1 is 1.44 bits per heavy atom. The summed E-state index contributed by atoms with van der Waals surface area (Å²) in [5, 5.41) is 15.9. The predicted molar refractivity (Wildman–Crippen MR) is 105 cm³/mol. The molecule has 2 aliphatic heterocycles. The predicted octanol–water partition coefficient (Wildman–Crippen LogP) is 3.61. The number of hydrogen-bond acceptors (Lipinski definition) is 4. The van der Waals surface area contributed by atoms with Crippen molar-refractivity contribution in [2.24, 2.45) is 11.8 Å². The van der Waals surface area contributed by atoms with Crippen molar-refractivity contribution in [2.45, 2.75) is 57.6 Å². The van der Waals surface area contributed by atoms with Gasteiger partial charge in [0.15, 0.2) is 0 Å². The number of thiophene rings is 1. The van der Waals surface area contributed by atoms with E-state index < -0.39 is 6.10 Å². The summed E-state index contributed by atoms with van der Waals surface area (Å²) in [6.45, 7) is 5.25. The normalized spacial score (nSPS) is 26.1. The summed E-state index contributed by atoms with van der Waals surface area (Å²) in [5.74, 6) is 1.35. The maximum Gasteiger partial charge on any atom is 0.223 e. The van der Waals surface area contributed by atoms with Crippen LogP contribution >= 0.6 is 23.7 Å². The molecular weight excluding hydrogens is 356 g/mol. The van der Waals surface area contributed by atoms with E-state index in [1.54, 1.807) is 11.3 Å². The number of amides is 1. The second kappa shape index (κ2) is 9.91. The summed E-state index contributed by atoms with van der Waals surface area (Å²) >= 11 is 1.59. The van der Waals surface area contributed by atoms with Crippen LogP contribution in [0.25, 0.3) is 0 Å². The third-order valence-corrected chi connectivity index (χ3v) is 6.67. The second-order valence-corrected chi connectivity index (χ2v) is 8.42. The van der Waals surface area contributed by atoms with Gasteiger partial charge in [-0.15, -0.1) is 23.7 Å². The van der Waals surface area contributed by atoms with Crippen LogP contribution in [0.4, 0.5) is 0 Å². The van der Waals surface area contributed by atoms with Crippen molar-refractivity contribution in [1.29, 1.82) is 0 Å². The number of hydrogen-bond donors (Lipinski definition) is 2. The van der Waals surface area contributed by atoms with Gasteiger partial charge in [0.2, 0.25) is 5.91 Å². The Kier molecular flexibility index (Phi) is 8.20. The molecule has 1 aromatic rings. The maximum absolute atomic E-state index is 12.8. The Balaban J connectivity index is 0.00000225. The second-order valence-electron chi connectivity index (χ2n) is 7.44. The highest BCUT2D eigenvalue weighted by Crippen LogP contribution is 2.31. The minimum absolute atomic E-state index is 0. The van der Waals surface area contributed by atoms with E-state index in [4.69, 9.17) is 0 Å². The number of likely N-dealkylation sites (tertiary alicyclic amines) is 1. The standard InChI is InChI=1S/C19H30N2O2S.ClH/c1-14(15-5-2-8-20-13-15)11-19(23)21-9-3-6-16(21)12-17(22)18-7-4-10-24-18;/h4,7,10,14-17,20,22H,2-3,5-6,8-9,11-13H2,1H3;1H. The fraction of sp³-hybridized carbons (Fsp3) is 0.737. The Bertz CT molecular complexity index is 520. The van der Waals surface area contributed by atoms with E-state index in [0.717, 1.165) is 37.4 Å². The van der Waals surface area contributed by atoms with Gasteiger partial charge < -0.3 is 15.3 Å². The molecule has 4 unspecified atom stereocenters. The highest BCUT2D eigenvalue weighted by atomic mass is 35.5. The van der Waals surface area contributed by atoms with Crippen molar-refractivity contribution in [3.05, 3.63) is 22.4 Å². The van der Waals surface area contributed by atoms with E-state index in [2.05, 4.69) is 12.2 Å². The quantitative estimate of drug-likeness (QED) is 0.785. The average molecular weight is 387 g/mol. The summed E-state index contributed by atoms with van der Waals surface area (Å²) in [4.78, 5) is 15.9. The van der Waals surface area contributed by atoms with Gasteiger partial charge in [0.1, 0.15) is 0 Å². The van der Waals surface area contributed by atoms with E-state index >= 15 is 0 Å². The van der Waals surface area contributed by atoms with Gasteiger partial charge in [-0.25, -0.2) is 0 Å². The molecular formula is C19H31ClN2O2S. The Hall–Kier alpha value is -0.620. The molecule has 142 valence electrons. The number of nitrogens with zero attached hydrogens (tertiary/aromatic N) is 1. The van der Waals surface area contributed by atoms with Crippen LogP contribution in [0.3, 0.4) is 0 Å². The number of halogens is 1. The molecule has 4 nitrogen and oxygen atoms in total. The number of carbonyl (C=O) groups excluding carboxylic acids is 1. The lowest BCUT2D eigenvalue weighted by Gasteiger charge is -2.31. The van der Waals surface area contributed by atoms with Crippen molar-refractivity contribution in [1.82, 2.24) is 10.2 Å². The zero-order chi connectivity index (χ0) is 16.9. The van der Waals surface area contributed by atoms with Gasteiger partial charge in [0.05, 0.1) is 6.10 Å². The molecule has 2 fully saturated rings. The zero-order valence-corrected chi connectivity index (χ0v) is 16.7. The summed E-state index contributed by atoms with van der Waals surface area (Å²) in [6.07, 6.45) is 5.43. The molecule has 0 spiro atoms. The Morgan fingerprint density at radius 2 is 2.28 bits per heavy atom. The molecule has 0 radical (unpaired) electrons. The fourth-order valence-electron chi connectivity index (χ4n) is 4.19. The molecule has 2 saturated heterocycles. The lowest BCUT2D eigenvalue weighted by Crippen LogP contribution is -2.39. The smallest absolute Gasteiger partial charge is 0.223 e. The minimum atomic E-state index is -0.441. The van der Waals surface area contributed by atoms with Crippen molar-refractivity contribution in [2.75, 3.05) is 19.6 Å². The number of piperidine rings is 1. The number of nitrogens with one attached hydrogen (secondary N) is 1. The van der Waals surface area contributed by atoms with Crippen molar-refractivity contribution < 1.29 is 9.90 Å². The van der Waals surface area contributed by atoms with Crippen LogP contribution < -0.4 is 5.32 Å². The first kappa shape index (κ1) is 20.7. The highest BCUT2D eigenvalue weighted by Gasteiger charge is 2.32. The maximum atomic E-state index is 12.8. The Morgan fingerprint density at radius 3 is 2.96 bits per heavy atom. The van der Waals surface area contributed by atoms with Gasteiger partial charge in [-0.05, 0) is 68.5 Å². The molecule has 0 saturated carbocycles. The largest absolute Gasteiger partial charge is 0.387 e. The fourth-order valence-corrected chi connectivity index (χ4v) is 4.91. The lowest BCUT2D eigenvalue weighted by atomic mass is 9.85. The van der Waals surface area contributed by atoms with Gasteiger partial charge in [-0.3, -0.25) is 4.79 Å². The van der Waals surface area contributed by atoms with E-state index in [-0.39, 0.29) is 24.4 Å². The van der Waals surface area contributed by atoms with Crippen LogP contribution in [0, 0.1) is 11.8 Å². The molecule has 0 bridgehead atoms. The number of rotatable bonds is 6. The monoisotopic (exact) mass is 386 g/mol. The van der Waals surface area contributed by atoms with Crippen molar-refractivity contribution >= 4 is 29.7 Å². The molecule has 6 heteroatoms. The zero-order valence-electron chi connectivity index (χ0n) is 15.0. The molecule has 0 aromatic carbocycles. The number of aliphatic hydroxyl groups excluding tert-OH is 1. The van der Waals surface area contributed by atoms with Crippen LogP contribution in [-0.4, -0.2) is 41.6 Å². The summed E-state index contributed by atoms with van der Waals surface area (Å²) in [7, 11) is 0. The van der Waals surface area contributed by atoms with Crippen LogP contribution in [0.5, 0.6) is 0 Å². The number of aliphatic hydroxyl groups is 1. The van der Waals surface area contributed by atoms with E-state index in [9.17, 15) is 9.90 Å². The average Bonchev–Trinajstić information content (AvgIpc) is 3.27. The number of carbonyl (C=O) groups is 1. The van der Waals surface area contributed by atoms with Gasteiger partial charge >= 0.3 is 0 Å². The minimum Gasteiger partial charge on any atom is -0.387 e. The molecule has 3 rings (SSSR count). The molecule has 4 atom stereocenters. The Labute approximate surface area is 161 Å². The molecule has 2 N–H and O–H groups in total. The lowest BCUT2D eigenvalue weighted by molar-refractivity contribution is -0.133. The SMILES string of the molecule is CC(CC(=O)N1CCCC1CC(O)c1cccs1)C1CCCNC1.Cl. The van der Waals surface area contributed by atoms with E-state index in [0.29, 0.717) is 24.7 Å². The molecule has 25 heavy (non-hydrogen) atoms. The van der Waals surface area contributed by atoms with Crippen molar-refractivity contribution in [3.63, 3.8) is 0 Å². The summed E-state index contributed by atoms with van der Waals surface area (Å²) in [5.41, 5.74) is 0. The van der Waals surface area contributed by atoms with Gasteiger partial charge in [-0.2, -0.15) is 0 Å².